The van der Waals surface area contributed by atoms with Gasteiger partial charge in [-0.3, -0.25) is 13.9 Å². The number of H-pyrrole nitrogens is 1. The van der Waals surface area contributed by atoms with Gasteiger partial charge < -0.3 is 4.98 Å². The van der Waals surface area contributed by atoms with Crippen LogP contribution in [0.4, 0.5) is 0 Å². The van der Waals surface area contributed by atoms with Crippen LogP contribution in [0, 0.1) is 0 Å². The largest absolute Gasteiger partial charge is 0.332 e. The Morgan fingerprint density at radius 1 is 1.22 bits per heavy atom. The molecule has 0 fully saturated rings. The van der Waals surface area contributed by atoms with E-state index in [9.17, 15) is 9.59 Å². The van der Waals surface area contributed by atoms with Crippen molar-refractivity contribution in [2.45, 2.75) is 59.0 Å². The number of halogens is 1. The van der Waals surface area contributed by atoms with Gasteiger partial charge >= 0.3 is 5.69 Å². The summed E-state index contributed by atoms with van der Waals surface area (Å²) in [4.78, 5) is 31.7. The zero-order chi connectivity index (χ0) is 17.0. The number of nitrogens with zero attached hydrogens (tertiary/aromatic N) is 3. The van der Waals surface area contributed by atoms with Crippen LogP contribution in [0.3, 0.4) is 0 Å². The summed E-state index contributed by atoms with van der Waals surface area (Å²) in [7, 11) is 0. The van der Waals surface area contributed by atoms with Crippen molar-refractivity contribution in [1.82, 2.24) is 19.1 Å². The van der Waals surface area contributed by atoms with Crippen LogP contribution in [0.1, 0.15) is 46.0 Å². The van der Waals surface area contributed by atoms with Crippen LogP contribution in [-0.2, 0) is 13.1 Å². The fourth-order valence-electron chi connectivity index (χ4n) is 2.74. The lowest BCUT2D eigenvalue weighted by Gasteiger charge is -2.10. The second-order valence-electron chi connectivity index (χ2n) is 5.67. The average Bonchev–Trinajstić information content (AvgIpc) is 2.89. The molecule has 2 heterocycles. The Balaban J connectivity index is 2.22. The third kappa shape index (κ3) is 3.75. The van der Waals surface area contributed by atoms with Crippen molar-refractivity contribution in [2.75, 3.05) is 0 Å². The summed E-state index contributed by atoms with van der Waals surface area (Å²) in [6.45, 7) is 8.83. The van der Waals surface area contributed by atoms with Crippen LogP contribution in [0.25, 0.3) is 11.2 Å². The molecule has 7 heteroatoms. The van der Waals surface area contributed by atoms with E-state index < -0.39 is 0 Å². The molecule has 2 rings (SSSR count). The quantitative estimate of drug-likeness (QED) is 0.456. The van der Waals surface area contributed by atoms with Crippen molar-refractivity contribution >= 4 is 22.8 Å². The molecule has 0 spiro atoms. The number of aromatic nitrogens is 4. The first kappa shape index (κ1) is 17.5. The predicted octanol–water partition coefficient (Wildman–Crippen LogP) is 3.09. The number of aromatic amines is 1. The van der Waals surface area contributed by atoms with Crippen molar-refractivity contribution in [2.24, 2.45) is 0 Å². The third-order valence-electron chi connectivity index (χ3n) is 3.91. The monoisotopic (exact) mass is 338 g/mol. The fraction of sp³-hybridized carbons (Fsp3) is 0.562. The van der Waals surface area contributed by atoms with E-state index in [2.05, 4.69) is 23.5 Å². The molecule has 0 radical (unpaired) electrons. The van der Waals surface area contributed by atoms with E-state index in [1.165, 1.54) is 14.7 Å². The van der Waals surface area contributed by atoms with Crippen LogP contribution in [0.2, 0.25) is 5.28 Å². The Hall–Kier alpha value is -1.82. The SMILES string of the molecule is C=C(CCC)CCCCn1c(=O)c2[nH]c(Cl)nc2n(CC)c1=O. The summed E-state index contributed by atoms with van der Waals surface area (Å²) in [6, 6.07) is 0. The van der Waals surface area contributed by atoms with Gasteiger partial charge in [0.05, 0.1) is 0 Å². The van der Waals surface area contributed by atoms with Gasteiger partial charge in [0.2, 0.25) is 5.28 Å². The van der Waals surface area contributed by atoms with E-state index in [-0.39, 0.29) is 22.0 Å². The summed E-state index contributed by atoms with van der Waals surface area (Å²) in [5.41, 5.74) is 1.13. The lowest BCUT2D eigenvalue weighted by Crippen LogP contribution is -2.40. The summed E-state index contributed by atoms with van der Waals surface area (Å²) < 4.78 is 2.73. The molecule has 2 aromatic heterocycles. The first-order valence-electron chi connectivity index (χ1n) is 8.05. The van der Waals surface area contributed by atoms with Crippen LogP contribution in [0.15, 0.2) is 21.7 Å². The van der Waals surface area contributed by atoms with E-state index >= 15 is 0 Å². The molecule has 1 N–H and O–H groups in total. The normalized spacial score (nSPS) is 11.3. The molecular weight excluding hydrogens is 316 g/mol. The minimum atomic E-state index is -0.360. The Morgan fingerprint density at radius 3 is 2.61 bits per heavy atom. The zero-order valence-electron chi connectivity index (χ0n) is 13.7. The van der Waals surface area contributed by atoms with Gasteiger partial charge in [0.25, 0.3) is 5.56 Å². The predicted molar refractivity (Wildman–Crippen MR) is 93.2 cm³/mol. The number of hydrogen-bond acceptors (Lipinski definition) is 3. The number of unbranched alkanes of at least 4 members (excludes halogenated alkanes) is 1. The van der Waals surface area contributed by atoms with Crippen molar-refractivity contribution in [3.63, 3.8) is 0 Å². The molecule has 0 aliphatic carbocycles. The third-order valence-corrected chi connectivity index (χ3v) is 4.09. The Bertz CT molecular complexity index is 816. The van der Waals surface area contributed by atoms with Gasteiger partial charge in [-0.1, -0.05) is 25.5 Å². The van der Waals surface area contributed by atoms with E-state index in [1.54, 1.807) is 0 Å². The lowest BCUT2D eigenvalue weighted by molar-refractivity contribution is 0.539. The van der Waals surface area contributed by atoms with Crippen molar-refractivity contribution in [3.8, 4) is 0 Å². The topological polar surface area (TPSA) is 72.7 Å². The van der Waals surface area contributed by atoms with Gasteiger partial charge in [-0.2, -0.15) is 4.98 Å². The van der Waals surface area contributed by atoms with Crippen LogP contribution < -0.4 is 11.2 Å². The number of fused-ring (bicyclic) bond motifs is 1. The van der Waals surface area contributed by atoms with E-state index in [0.29, 0.717) is 18.7 Å². The molecule has 126 valence electrons. The van der Waals surface area contributed by atoms with Crippen molar-refractivity contribution < 1.29 is 0 Å². The molecular formula is C16H23ClN4O2. The number of allylic oxidation sites excluding steroid dienone is 1. The minimum Gasteiger partial charge on any atom is -0.323 e. The summed E-state index contributed by atoms with van der Waals surface area (Å²) in [5.74, 6) is 0. The van der Waals surface area contributed by atoms with Crippen molar-refractivity contribution in [3.05, 3.63) is 38.3 Å². The highest BCUT2D eigenvalue weighted by Crippen LogP contribution is 2.12. The molecule has 0 aliphatic heterocycles. The molecule has 0 unspecified atom stereocenters. The fourth-order valence-corrected chi connectivity index (χ4v) is 2.92. The second-order valence-corrected chi connectivity index (χ2v) is 6.02. The maximum Gasteiger partial charge on any atom is 0.332 e. The number of rotatable bonds is 8. The van der Waals surface area contributed by atoms with Crippen LogP contribution in [-0.4, -0.2) is 19.1 Å². The van der Waals surface area contributed by atoms with Gasteiger partial charge in [0.15, 0.2) is 11.2 Å². The van der Waals surface area contributed by atoms with Gasteiger partial charge in [0.1, 0.15) is 0 Å². The molecule has 0 atom stereocenters. The number of hydrogen-bond donors (Lipinski definition) is 1. The number of aryl methyl sites for hydroxylation is 1. The highest BCUT2D eigenvalue weighted by molar-refractivity contribution is 6.28. The molecule has 0 saturated carbocycles. The van der Waals surface area contributed by atoms with Crippen LogP contribution >= 0.6 is 11.6 Å². The summed E-state index contributed by atoms with van der Waals surface area (Å²) >= 11 is 5.84. The zero-order valence-corrected chi connectivity index (χ0v) is 14.4. The van der Waals surface area contributed by atoms with E-state index in [4.69, 9.17) is 11.6 Å². The first-order valence-corrected chi connectivity index (χ1v) is 8.42. The molecule has 0 aromatic carbocycles. The van der Waals surface area contributed by atoms with E-state index in [0.717, 1.165) is 32.1 Å². The summed E-state index contributed by atoms with van der Waals surface area (Å²) in [6.07, 6.45) is 4.73. The highest BCUT2D eigenvalue weighted by atomic mass is 35.5. The first-order chi connectivity index (χ1) is 11.0. The minimum absolute atomic E-state index is 0.118. The standard InChI is InChI=1S/C16H23ClN4O2/c1-4-8-11(3)9-6-7-10-21-14(22)12-13(19-15(17)18-12)20(5-2)16(21)23/h3-10H2,1-2H3,(H,18,19). The average molecular weight is 339 g/mol. The Morgan fingerprint density at radius 2 is 1.96 bits per heavy atom. The molecule has 2 aromatic rings. The van der Waals surface area contributed by atoms with Gasteiger partial charge in [-0.25, -0.2) is 4.79 Å². The second kappa shape index (κ2) is 7.64. The Kier molecular flexibility index (Phi) is 5.82. The number of nitrogens with one attached hydrogen (secondary N) is 1. The molecule has 0 aliphatic rings. The van der Waals surface area contributed by atoms with E-state index in [1.807, 2.05) is 6.92 Å². The van der Waals surface area contributed by atoms with Gasteiger partial charge in [-0.15, -0.1) is 0 Å². The maximum atomic E-state index is 12.5. The molecule has 0 amide bonds. The molecule has 0 saturated heterocycles. The lowest BCUT2D eigenvalue weighted by atomic mass is 10.1. The Labute approximate surface area is 139 Å². The van der Waals surface area contributed by atoms with Crippen LogP contribution in [0.5, 0.6) is 0 Å². The smallest absolute Gasteiger partial charge is 0.323 e. The summed E-state index contributed by atoms with van der Waals surface area (Å²) in [5, 5.41) is 0.118. The number of imidazole rings is 1. The van der Waals surface area contributed by atoms with Gasteiger partial charge in [0, 0.05) is 13.1 Å². The maximum absolute atomic E-state index is 12.5. The molecule has 0 bridgehead atoms. The van der Waals surface area contributed by atoms with Crippen molar-refractivity contribution in [1.29, 1.82) is 0 Å². The molecule has 6 nitrogen and oxygen atoms in total. The highest BCUT2D eigenvalue weighted by Gasteiger charge is 2.15. The van der Waals surface area contributed by atoms with Gasteiger partial charge in [-0.05, 0) is 44.2 Å². The molecule has 23 heavy (non-hydrogen) atoms.